The van der Waals surface area contributed by atoms with E-state index in [0.29, 0.717) is 16.3 Å². The van der Waals surface area contributed by atoms with E-state index in [1.807, 2.05) is 12.1 Å². The van der Waals surface area contributed by atoms with Gasteiger partial charge in [-0.15, -0.1) is 0 Å². The van der Waals surface area contributed by atoms with E-state index < -0.39 is 0 Å². The lowest BCUT2D eigenvalue weighted by Gasteiger charge is -2.21. The summed E-state index contributed by atoms with van der Waals surface area (Å²) in [5.74, 6) is 0.684. The maximum atomic E-state index is 9.83. The number of phenolic OH excluding ortho intramolecular Hbond substituents is 1. The van der Waals surface area contributed by atoms with Crippen molar-refractivity contribution in [3.63, 3.8) is 0 Å². The van der Waals surface area contributed by atoms with E-state index in [2.05, 4.69) is 26.1 Å². The molecule has 0 amide bonds. The quantitative estimate of drug-likeness (QED) is 0.883. The summed E-state index contributed by atoms with van der Waals surface area (Å²) in [6.45, 7) is 3.30. The first-order valence-corrected chi connectivity index (χ1v) is 8.01. The van der Waals surface area contributed by atoms with Gasteiger partial charge in [-0.2, -0.15) is 0 Å². The van der Waals surface area contributed by atoms with Crippen LogP contribution < -0.4 is 10.1 Å². The van der Waals surface area contributed by atoms with Crippen LogP contribution >= 0.6 is 15.9 Å². The van der Waals surface area contributed by atoms with Crippen LogP contribution in [0.1, 0.15) is 24.8 Å². The molecule has 2 heterocycles. The Kier molecular flexibility index (Phi) is 4.19. The predicted molar refractivity (Wildman–Crippen MR) is 82.2 cm³/mol. The molecular formula is C15H21BrN2O2. The van der Waals surface area contributed by atoms with Gasteiger partial charge in [0.2, 0.25) is 0 Å². The van der Waals surface area contributed by atoms with Crippen molar-refractivity contribution in [2.75, 3.05) is 20.2 Å². The number of fused-ring (bicyclic) bond motifs is 1. The average molecular weight is 341 g/mol. The first-order valence-electron chi connectivity index (χ1n) is 7.22. The fourth-order valence-electron chi connectivity index (χ4n) is 3.45. The number of hydrogen-bond acceptors (Lipinski definition) is 4. The van der Waals surface area contributed by atoms with Gasteiger partial charge in [0.25, 0.3) is 0 Å². The molecule has 0 saturated carbocycles. The Bertz CT molecular complexity index is 495. The summed E-state index contributed by atoms with van der Waals surface area (Å²) in [5.41, 5.74) is 1.13. The highest BCUT2D eigenvalue weighted by Gasteiger charge is 2.36. The minimum atomic E-state index is 0.166. The minimum absolute atomic E-state index is 0.166. The van der Waals surface area contributed by atoms with E-state index in [9.17, 15) is 5.11 Å². The molecule has 0 spiro atoms. The van der Waals surface area contributed by atoms with Crippen LogP contribution in [0.5, 0.6) is 11.5 Å². The number of benzene rings is 1. The molecule has 5 heteroatoms. The molecule has 20 heavy (non-hydrogen) atoms. The Morgan fingerprint density at radius 1 is 1.40 bits per heavy atom. The topological polar surface area (TPSA) is 44.7 Å². The van der Waals surface area contributed by atoms with Gasteiger partial charge in [-0.1, -0.05) is 0 Å². The molecule has 0 bridgehead atoms. The van der Waals surface area contributed by atoms with Crippen molar-refractivity contribution in [3.8, 4) is 11.5 Å². The number of rotatable bonds is 4. The molecule has 2 atom stereocenters. The normalized spacial score (nSPS) is 25.9. The number of aromatic hydroxyl groups is 1. The highest BCUT2D eigenvalue weighted by atomic mass is 79.9. The zero-order chi connectivity index (χ0) is 14.1. The lowest BCUT2D eigenvalue weighted by atomic mass is 10.1. The van der Waals surface area contributed by atoms with Crippen molar-refractivity contribution in [2.45, 2.75) is 37.9 Å². The number of nitrogens with zero attached hydrogens (tertiary/aromatic N) is 1. The average Bonchev–Trinajstić information content (AvgIpc) is 3.03. The Morgan fingerprint density at radius 3 is 3.05 bits per heavy atom. The smallest absolute Gasteiger partial charge is 0.172 e. The van der Waals surface area contributed by atoms with E-state index in [-0.39, 0.29) is 5.75 Å². The van der Waals surface area contributed by atoms with Crippen molar-refractivity contribution in [2.24, 2.45) is 0 Å². The van der Waals surface area contributed by atoms with E-state index >= 15 is 0 Å². The Hall–Kier alpha value is -0.780. The van der Waals surface area contributed by atoms with Crippen molar-refractivity contribution >= 4 is 15.9 Å². The lowest BCUT2D eigenvalue weighted by molar-refractivity contribution is 0.298. The molecule has 2 fully saturated rings. The van der Waals surface area contributed by atoms with Gasteiger partial charge >= 0.3 is 0 Å². The van der Waals surface area contributed by atoms with Gasteiger partial charge in [-0.05, 0) is 59.4 Å². The fraction of sp³-hybridized carbons (Fsp3) is 0.600. The van der Waals surface area contributed by atoms with Crippen LogP contribution in [0.2, 0.25) is 0 Å². The highest BCUT2D eigenvalue weighted by Crippen LogP contribution is 2.35. The number of ether oxygens (including phenoxy) is 1. The van der Waals surface area contributed by atoms with Crippen molar-refractivity contribution in [1.29, 1.82) is 0 Å². The molecule has 0 aromatic heterocycles. The first kappa shape index (κ1) is 14.2. The maximum absolute atomic E-state index is 9.83. The second-order valence-corrected chi connectivity index (χ2v) is 6.50. The summed E-state index contributed by atoms with van der Waals surface area (Å²) in [5, 5.41) is 13.5. The molecule has 2 unspecified atom stereocenters. The lowest BCUT2D eigenvalue weighted by Crippen LogP contribution is -2.38. The Morgan fingerprint density at radius 2 is 2.25 bits per heavy atom. The molecule has 2 aliphatic heterocycles. The number of nitrogens with one attached hydrogen (secondary N) is 1. The van der Waals surface area contributed by atoms with E-state index in [4.69, 9.17) is 4.74 Å². The third kappa shape index (κ3) is 2.67. The molecule has 2 aliphatic rings. The van der Waals surface area contributed by atoms with Gasteiger partial charge in [0, 0.05) is 25.2 Å². The van der Waals surface area contributed by atoms with Crippen LogP contribution in [0.25, 0.3) is 0 Å². The van der Waals surface area contributed by atoms with Crippen LogP contribution in [-0.4, -0.2) is 42.3 Å². The van der Waals surface area contributed by atoms with Crippen LogP contribution in [-0.2, 0) is 6.54 Å². The van der Waals surface area contributed by atoms with Crippen molar-refractivity contribution in [3.05, 3.63) is 22.2 Å². The van der Waals surface area contributed by atoms with Crippen LogP contribution in [0.15, 0.2) is 16.6 Å². The summed E-state index contributed by atoms with van der Waals surface area (Å²) in [4.78, 5) is 2.60. The summed E-state index contributed by atoms with van der Waals surface area (Å²) in [7, 11) is 1.58. The highest BCUT2D eigenvalue weighted by molar-refractivity contribution is 9.10. The molecular weight excluding hydrogens is 320 g/mol. The van der Waals surface area contributed by atoms with Crippen molar-refractivity contribution in [1.82, 2.24) is 10.2 Å². The molecule has 3 rings (SSSR count). The van der Waals surface area contributed by atoms with E-state index in [1.54, 1.807) is 7.11 Å². The third-order valence-electron chi connectivity index (χ3n) is 4.48. The van der Waals surface area contributed by atoms with Gasteiger partial charge in [0.15, 0.2) is 11.5 Å². The molecule has 110 valence electrons. The minimum Gasteiger partial charge on any atom is -0.503 e. The van der Waals surface area contributed by atoms with Crippen LogP contribution in [0.3, 0.4) is 0 Å². The summed E-state index contributed by atoms with van der Waals surface area (Å²) >= 11 is 3.37. The summed E-state index contributed by atoms with van der Waals surface area (Å²) in [6.07, 6.45) is 3.89. The van der Waals surface area contributed by atoms with E-state index in [0.717, 1.165) is 18.2 Å². The molecule has 0 radical (unpaired) electrons. The predicted octanol–water partition coefficient (Wildman–Crippen LogP) is 2.49. The second kappa shape index (κ2) is 5.92. The van der Waals surface area contributed by atoms with Gasteiger partial charge in [-0.25, -0.2) is 0 Å². The van der Waals surface area contributed by atoms with Gasteiger partial charge in [0.05, 0.1) is 11.6 Å². The molecule has 0 aliphatic carbocycles. The zero-order valence-electron chi connectivity index (χ0n) is 11.7. The second-order valence-electron chi connectivity index (χ2n) is 5.65. The first-order chi connectivity index (χ1) is 9.69. The van der Waals surface area contributed by atoms with Gasteiger partial charge in [0.1, 0.15) is 0 Å². The number of hydrogen-bond donors (Lipinski definition) is 2. The third-order valence-corrected chi connectivity index (χ3v) is 5.09. The SMILES string of the molecule is COc1cc(CNC2CCN3CCCC23)cc(Br)c1O. The number of methoxy groups -OCH3 is 1. The van der Waals surface area contributed by atoms with Crippen LogP contribution in [0.4, 0.5) is 0 Å². The summed E-state index contributed by atoms with van der Waals surface area (Å²) < 4.78 is 5.87. The van der Waals surface area contributed by atoms with Crippen LogP contribution in [0, 0.1) is 0 Å². The number of phenols is 1. The zero-order valence-corrected chi connectivity index (χ0v) is 13.3. The van der Waals surface area contributed by atoms with Gasteiger partial charge in [-0.3, -0.25) is 4.90 Å². The van der Waals surface area contributed by atoms with Crippen molar-refractivity contribution < 1.29 is 9.84 Å². The fourth-order valence-corrected chi connectivity index (χ4v) is 3.94. The molecule has 1 aromatic carbocycles. The molecule has 2 N–H and O–H groups in total. The largest absolute Gasteiger partial charge is 0.503 e. The Balaban J connectivity index is 1.65. The standard InChI is InChI=1S/C15H21BrN2O2/c1-20-14-8-10(7-11(16)15(14)19)9-17-12-4-6-18-5-2-3-13(12)18/h7-8,12-13,17,19H,2-6,9H2,1H3. The Labute approximate surface area is 128 Å². The van der Waals surface area contributed by atoms with E-state index in [1.165, 1.54) is 32.4 Å². The van der Waals surface area contributed by atoms with Gasteiger partial charge < -0.3 is 15.2 Å². The monoisotopic (exact) mass is 340 g/mol. The molecule has 1 aromatic rings. The molecule has 4 nitrogen and oxygen atoms in total. The summed E-state index contributed by atoms with van der Waals surface area (Å²) in [6, 6.07) is 5.16. The molecule has 2 saturated heterocycles. The maximum Gasteiger partial charge on any atom is 0.172 e. The number of halogens is 1.